The van der Waals surface area contributed by atoms with Crippen molar-refractivity contribution in [2.45, 2.75) is 13.0 Å². The SMILES string of the molecule is COC(=O)c1ccc2c(n1)CCOC2. The molecule has 0 saturated heterocycles. The minimum atomic E-state index is -0.390. The average Bonchev–Trinajstić information content (AvgIpc) is 2.27. The van der Waals surface area contributed by atoms with Gasteiger partial charge in [0.25, 0.3) is 0 Å². The third-order valence-corrected chi connectivity index (χ3v) is 2.20. The van der Waals surface area contributed by atoms with Gasteiger partial charge in [0.2, 0.25) is 0 Å². The second-order valence-electron chi connectivity index (χ2n) is 3.10. The van der Waals surface area contributed by atoms with Gasteiger partial charge in [-0.2, -0.15) is 0 Å². The highest BCUT2D eigenvalue weighted by Gasteiger charge is 2.14. The summed E-state index contributed by atoms with van der Waals surface area (Å²) < 4.78 is 9.86. The molecule has 0 saturated carbocycles. The molecular weight excluding hydrogens is 182 g/mol. The van der Waals surface area contributed by atoms with Crippen LogP contribution in [0.5, 0.6) is 0 Å². The summed E-state index contributed by atoms with van der Waals surface area (Å²) in [5, 5.41) is 0. The Labute approximate surface area is 81.9 Å². The topological polar surface area (TPSA) is 48.4 Å². The molecule has 2 heterocycles. The highest BCUT2D eigenvalue weighted by molar-refractivity contribution is 5.87. The molecule has 0 amide bonds. The van der Waals surface area contributed by atoms with Gasteiger partial charge in [-0.25, -0.2) is 9.78 Å². The van der Waals surface area contributed by atoms with Crippen molar-refractivity contribution in [3.63, 3.8) is 0 Å². The zero-order valence-corrected chi connectivity index (χ0v) is 7.95. The van der Waals surface area contributed by atoms with Gasteiger partial charge in [0, 0.05) is 12.1 Å². The minimum absolute atomic E-state index is 0.369. The molecule has 4 heteroatoms. The van der Waals surface area contributed by atoms with Crippen LogP contribution in [-0.2, 0) is 22.5 Å². The van der Waals surface area contributed by atoms with Gasteiger partial charge < -0.3 is 9.47 Å². The number of rotatable bonds is 1. The summed E-state index contributed by atoms with van der Waals surface area (Å²) >= 11 is 0. The van der Waals surface area contributed by atoms with Crippen molar-refractivity contribution in [3.8, 4) is 0 Å². The Balaban J connectivity index is 2.33. The predicted molar refractivity (Wildman–Crippen MR) is 48.9 cm³/mol. The second kappa shape index (κ2) is 3.75. The number of hydrogen-bond acceptors (Lipinski definition) is 4. The maximum atomic E-state index is 11.2. The van der Waals surface area contributed by atoms with E-state index in [2.05, 4.69) is 9.72 Å². The number of esters is 1. The molecule has 74 valence electrons. The lowest BCUT2D eigenvalue weighted by Gasteiger charge is -2.15. The van der Waals surface area contributed by atoms with Crippen LogP contribution in [0.4, 0.5) is 0 Å². The zero-order chi connectivity index (χ0) is 9.97. The fourth-order valence-electron chi connectivity index (χ4n) is 1.45. The molecule has 1 aliphatic heterocycles. The largest absolute Gasteiger partial charge is 0.464 e. The molecule has 14 heavy (non-hydrogen) atoms. The maximum Gasteiger partial charge on any atom is 0.356 e. The van der Waals surface area contributed by atoms with E-state index in [0.29, 0.717) is 18.9 Å². The molecule has 4 nitrogen and oxygen atoms in total. The second-order valence-corrected chi connectivity index (χ2v) is 3.10. The number of ether oxygens (including phenoxy) is 2. The molecule has 0 atom stereocenters. The quantitative estimate of drug-likeness (QED) is 0.623. The molecule has 0 radical (unpaired) electrons. The highest BCUT2D eigenvalue weighted by Crippen LogP contribution is 2.15. The molecule has 0 aromatic carbocycles. The molecule has 0 spiro atoms. The number of nitrogens with zero attached hydrogens (tertiary/aromatic N) is 1. The van der Waals surface area contributed by atoms with E-state index in [1.54, 1.807) is 6.07 Å². The summed E-state index contributed by atoms with van der Waals surface area (Å²) in [6.45, 7) is 1.26. The van der Waals surface area contributed by atoms with Gasteiger partial charge in [0.05, 0.1) is 20.3 Å². The van der Waals surface area contributed by atoms with Crippen molar-refractivity contribution in [2.75, 3.05) is 13.7 Å². The molecule has 0 bridgehead atoms. The van der Waals surface area contributed by atoms with Crippen LogP contribution in [0.15, 0.2) is 12.1 Å². The van der Waals surface area contributed by atoms with Gasteiger partial charge in [-0.05, 0) is 11.6 Å². The van der Waals surface area contributed by atoms with Crippen molar-refractivity contribution in [2.24, 2.45) is 0 Å². The van der Waals surface area contributed by atoms with Crippen molar-refractivity contribution in [1.82, 2.24) is 4.98 Å². The number of carbonyl (C=O) groups excluding carboxylic acids is 1. The Morgan fingerprint density at radius 1 is 1.57 bits per heavy atom. The van der Waals surface area contributed by atoms with Crippen LogP contribution in [0.3, 0.4) is 0 Å². The van der Waals surface area contributed by atoms with E-state index in [-0.39, 0.29) is 5.97 Å². The Hall–Kier alpha value is -1.42. The van der Waals surface area contributed by atoms with E-state index in [0.717, 1.165) is 17.7 Å². The molecule has 1 aliphatic rings. The van der Waals surface area contributed by atoms with Crippen molar-refractivity contribution < 1.29 is 14.3 Å². The molecule has 1 aromatic heterocycles. The minimum Gasteiger partial charge on any atom is -0.464 e. The van der Waals surface area contributed by atoms with Crippen molar-refractivity contribution >= 4 is 5.97 Å². The summed E-state index contributed by atoms with van der Waals surface area (Å²) in [5.74, 6) is -0.390. The fraction of sp³-hybridized carbons (Fsp3) is 0.400. The van der Waals surface area contributed by atoms with E-state index in [4.69, 9.17) is 4.74 Å². The predicted octanol–water partition coefficient (Wildman–Crippen LogP) is 0.941. The number of aromatic nitrogens is 1. The molecule has 0 fully saturated rings. The smallest absolute Gasteiger partial charge is 0.356 e. The van der Waals surface area contributed by atoms with Crippen LogP contribution in [0.25, 0.3) is 0 Å². The van der Waals surface area contributed by atoms with Crippen molar-refractivity contribution in [3.05, 3.63) is 29.1 Å². The van der Waals surface area contributed by atoms with Crippen LogP contribution >= 0.6 is 0 Å². The summed E-state index contributed by atoms with van der Waals surface area (Å²) in [4.78, 5) is 15.4. The first-order chi connectivity index (χ1) is 6.81. The summed E-state index contributed by atoms with van der Waals surface area (Å²) in [7, 11) is 1.35. The highest BCUT2D eigenvalue weighted by atomic mass is 16.5. The zero-order valence-electron chi connectivity index (χ0n) is 7.95. The van der Waals surface area contributed by atoms with Crippen LogP contribution in [0.1, 0.15) is 21.7 Å². The summed E-state index contributed by atoms with van der Waals surface area (Å²) in [5.41, 5.74) is 2.37. The van der Waals surface area contributed by atoms with Gasteiger partial charge in [0.1, 0.15) is 5.69 Å². The molecule has 0 N–H and O–H groups in total. The number of pyridine rings is 1. The molecule has 2 rings (SSSR count). The Morgan fingerprint density at radius 3 is 3.21 bits per heavy atom. The van der Waals surface area contributed by atoms with Crippen LogP contribution in [0.2, 0.25) is 0 Å². The first kappa shape index (κ1) is 9.15. The van der Waals surface area contributed by atoms with Gasteiger partial charge in [-0.15, -0.1) is 0 Å². The molecular formula is C10H11NO3. The monoisotopic (exact) mass is 193 g/mol. The van der Waals surface area contributed by atoms with Gasteiger partial charge >= 0.3 is 5.97 Å². The van der Waals surface area contributed by atoms with E-state index in [9.17, 15) is 4.79 Å². The first-order valence-corrected chi connectivity index (χ1v) is 4.46. The van der Waals surface area contributed by atoms with Crippen LogP contribution in [-0.4, -0.2) is 24.7 Å². The van der Waals surface area contributed by atoms with Gasteiger partial charge in [-0.1, -0.05) is 6.07 Å². The Bertz CT molecular complexity index is 362. The first-order valence-electron chi connectivity index (χ1n) is 4.46. The van der Waals surface area contributed by atoms with Gasteiger partial charge in [0.15, 0.2) is 0 Å². The standard InChI is InChI=1S/C10H11NO3/c1-13-10(12)9-3-2-7-6-14-5-4-8(7)11-9/h2-3H,4-6H2,1H3. The van der Waals surface area contributed by atoms with E-state index in [1.165, 1.54) is 7.11 Å². The average molecular weight is 193 g/mol. The normalized spacial score (nSPS) is 14.6. The van der Waals surface area contributed by atoms with Crippen molar-refractivity contribution in [1.29, 1.82) is 0 Å². The third-order valence-electron chi connectivity index (χ3n) is 2.20. The van der Waals surface area contributed by atoms with Gasteiger partial charge in [-0.3, -0.25) is 0 Å². The molecule has 0 unspecified atom stereocenters. The van der Waals surface area contributed by atoms with Crippen LogP contribution < -0.4 is 0 Å². The number of fused-ring (bicyclic) bond motifs is 1. The fourth-order valence-corrected chi connectivity index (χ4v) is 1.45. The lowest BCUT2D eigenvalue weighted by Crippen LogP contribution is -2.14. The Morgan fingerprint density at radius 2 is 2.43 bits per heavy atom. The molecule has 0 aliphatic carbocycles. The van der Waals surface area contributed by atoms with E-state index < -0.39 is 0 Å². The number of carbonyl (C=O) groups is 1. The lowest BCUT2D eigenvalue weighted by atomic mass is 10.1. The van der Waals surface area contributed by atoms with Crippen LogP contribution in [0, 0.1) is 0 Å². The number of methoxy groups -OCH3 is 1. The maximum absolute atomic E-state index is 11.2. The third kappa shape index (κ3) is 1.61. The molecule has 1 aromatic rings. The number of hydrogen-bond donors (Lipinski definition) is 0. The lowest BCUT2D eigenvalue weighted by molar-refractivity contribution is 0.0592. The Kier molecular flexibility index (Phi) is 2.45. The summed E-state index contributed by atoms with van der Waals surface area (Å²) in [6, 6.07) is 3.53. The van der Waals surface area contributed by atoms with E-state index in [1.807, 2.05) is 6.07 Å². The summed E-state index contributed by atoms with van der Waals surface area (Å²) in [6.07, 6.45) is 0.764. The van der Waals surface area contributed by atoms with E-state index >= 15 is 0 Å².